The second-order valence-corrected chi connectivity index (χ2v) is 2.81. The summed E-state index contributed by atoms with van der Waals surface area (Å²) < 4.78 is 1.68. The summed E-state index contributed by atoms with van der Waals surface area (Å²) in [6, 6.07) is 7.73. The highest BCUT2D eigenvalue weighted by Crippen LogP contribution is 2.15. The molecule has 2 rings (SSSR count). The van der Waals surface area contributed by atoms with Gasteiger partial charge in [0.05, 0.1) is 5.69 Å². The van der Waals surface area contributed by atoms with E-state index in [0.717, 1.165) is 10.6 Å². The number of thiol groups is 1. The molecule has 0 unspecified atom stereocenters. The van der Waals surface area contributed by atoms with E-state index in [1.807, 2.05) is 24.3 Å². The number of aromatic nitrogens is 3. The molecule has 1 heterocycles. The van der Waals surface area contributed by atoms with Crippen LogP contribution in [-0.4, -0.2) is 14.8 Å². The smallest absolute Gasteiger partial charge is 0.138 e. The molecule has 0 amide bonds. The van der Waals surface area contributed by atoms with E-state index in [0.29, 0.717) is 0 Å². The van der Waals surface area contributed by atoms with Crippen molar-refractivity contribution in [2.24, 2.45) is 0 Å². The van der Waals surface area contributed by atoms with Gasteiger partial charge in [-0.2, -0.15) is 5.10 Å². The number of hydrogen-bond donors (Lipinski definition) is 1. The highest BCUT2D eigenvalue weighted by molar-refractivity contribution is 7.80. The van der Waals surface area contributed by atoms with Crippen molar-refractivity contribution < 1.29 is 0 Å². The third-order valence-corrected chi connectivity index (χ3v) is 1.93. The SMILES string of the molecule is Sc1ccccc1-n1cncn1. The Balaban J connectivity index is 2.55. The van der Waals surface area contributed by atoms with Gasteiger partial charge in [0.25, 0.3) is 0 Å². The second-order valence-electron chi connectivity index (χ2n) is 2.33. The van der Waals surface area contributed by atoms with Crippen molar-refractivity contribution in [1.29, 1.82) is 0 Å². The molecular formula is C8H7N3S. The molecule has 0 aliphatic rings. The van der Waals surface area contributed by atoms with Crippen molar-refractivity contribution in [3.63, 3.8) is 0 Å². The molecule has 4 heteroatoms. The van der Waals surface area contributed by atoms with Gasteiger partial charge >= 0.3 is 0 Å². The van der Waals surface area contributed by atoms with Crippen LogP contribution in [0.2, 0.25) is 0 Å². The zero-order chi connectivity index (χ0) is 8.39. The Labute approximate surface area is 75.5 Å². The first-order valence-corrected chi connectivity index (χ1v) is 3.95. The molecule has 0 aliphatic heterocycles. The summed E-state index contributed by atoms with van der Waals surface area (Å²) in [5.41, 5.74) is 0.943. The molecule has 0 aliphatic carbocycles. The van der Waals surface area contributed by atoms with Crippen molar-refractivity contribution in [3.05, 3.63) is 36.9 Å². The average Bonchev–Trinajstić information content (AvgIpc) is 2.57. The van der Waals surface area contributed by atoms with E-state index in [-0.39, 0.29) is 0 Å². The number of rotatable bonds is 1. The molecule has 0 bridgehead atoms. The van der Waals surface area contributed by atoms with Gasteiger partial charge in [-0.25, -0.2) is 9.67 Å². The van der Waals surface area contributed by atoms with Crippen LogP contribution in [0.15, 0.2) is 41.8 Å². The van der Waals surface area contributed by atoms with Gasteiger partial charge < -0.3 is 0 Å². The summed E-state index contributed by atoms with van der Waals surface area (Å²) in [7, 11) is 0. The topological polar surface area (TPSA) is 30.7 Å². The van der Waals surface area contributed by atoms with Crippen molar-refractivity contribution in [3.8, 4) is 5.69 Å². The lowest BCUT2D eigenvalue weighted by molar-refractivity contribution is 0.861. The first-order chi connectivity index (χ1) is 5.88. The molecule has 1 aromatic carbocycles. The maximum atomic E-state index is 4.30. The van der Waals surface area contributed by atoms with Crippen LogP contribution in [0.1, 0.15) is 0 Å². The molecule has 0 saturated carbocycles. The second kappa shape index (κ2) is 2.98. The summed E-state index contributed by atoms with van der Waals surface area (Å²) in [4.78, 5) is 4.75. The van der Waals surface area contributed by atoms with Crippen LogP contribution in [0.3, 0.4) is 0 Å². The van der Waals surface area contributed by atoms with Crippen LogP contribution in [0, 0.1) is 0 Å². The van der Waals surface area contributed by atoms with Crippen molar-refractivity contribution >= 4 is 12.6 Å². The molecule has 2 aromatic rings. The number of hydrogen-bond acceptors (Lipinski definition) is 3. The van der Waals surface area contributed by atoms with E-state index in [1.54, 1.807) is 11.0 Å². The lowest BCUT2D eigenvalue weighted by atomic mass is 10.3. The van der Waals surface area contributed by atoms with Gasteiger partial charge in [0, 0.05) is 4.90 Å². The van der Waals surface area contributed by atoms with Gasteiger partial charge in [-0.1, -0.05) is 12.1 Å². The minimum absolute atomic E-state index is 0.892. The van der Waals surface area contributed by atoms with Crippen molar-refractivity contribution in [1.82, 2.24) is 14.8 Å². The van der Waals surface area contributed by atoms with Crippen LogP contribution >= 0.6 is 12.6 Å². The Hall–Kier alpha value is -1.29. The fourth-order valence-corrected chi connectivity index (χ4v) is 1.25. The quantitative estimate of drug-likeness (QED) is 0.670. The normalized spacial score (nSPS) is 10.1. The zero-order valence-electron chi connectivity index (χ0n) is 6.25. The van der Waals surface area contributed by atoms with Gasteiger partial charge in [-0.05, 0) is 12.1 Å². The van der Waals surface area contributed by atoms with Crippen LogP contribution in [0.5, 0.6) is 0 Å². The Morgan fingerprint density at radius 3 is 2.75 bits per heavy atom. The van der Waals surface area contributed by atoms with Gasteiger partial charge in [0.1, 0.15) is 12.7 Å². The standard InChI is InChI=1S/C8H7N3S/c12-8-4-2-1-3-7(8)11-6-9-5-10-11/h1-6,12H. The summed E-state index contributed by atoms with van der Waals surface area (Å²) in [6.45, 7) is 0. The summed E-state index contributed by atoms with van der Waals surface area (Å²) in [5, 5.41) is 4.00. The maximum absolute atomic E-state index is 4.30. The molecule has 60 valence electrons. The lowest BCUT2D eigenvalue weighted by Gasteiger charge is -2.01. The molecule has 0 fully saturated rings. The Kier molecular flexibility index (Phi) is 1.83. The molecule has 0 radical (unpaired) electrons. The number of benzene rings is 1. The maximum Gasteiger partial charge on any atom is 0.138 e. The van der Waals surface area contributed by atoms with E-state index in [1.165, 1.54) is 6.33 Å². The molecule has 12 heavy (non-hydrogen) atoms. The zero-order valence-corrected chi connectivity index (χ0v) is 7.15. The molecule has 1 aromatic heterocycles. The number of para-hydroxylation sites is 1. The Bertz CT molecular complexity index is 370. The fraction of sp³-hybridized carbons (Fsp3) is 0. The van der Waals surface area contributed by atoms with E-state index in [2.05, 4.69) is 22.7 Å². The highest BCUT2D eigenvalue weighted by atomic mass is 32.1. The van der Waals surface area contributed by atoms with Gasteiger partial charge in [0.2, 0.25) is 0 Å². The molecule has 3 nitrogen and oxygen atoms in total. The Morgan fingerprint density at radius 2 is 2.08 bits per heavy atom. The lowest BCUT2D eigenvalue weighted by Crippen LogP contribution is -1.94. The van der Waals surface area contributed by atoms with E-state index < -0.39 is 0 Å². The van der Waals surface area contributed by atoms with Crippen LogP contribution in [0.25, 0.3) is 5.69 Å². The minimum atomic E-state index is 0.892. The Morgan fingerprint density at radius 1 is 1.25 bits per heavy atom. The largest absolute Gasteiger partial charge is 0.223 e. The van der Waals surface area contributed by atoms with E-state index in [9.17, 15) is 0 Å². The van der Waals surface area contributed by atoms with Crippen LogP contribution in [0.4, 0.5) is 0 Å². The molecule has 0 atom stereocenters. The minimum Gasteiger partial charge on any atom is -0.223 e. The fourth-order valence-electron chi connectivity index (χ4n) is 0.991. The van der Waals surface area contributed by atoms with Crippen molar-refractivity contribution in [2.75, 3.05) is 0 Å². The molecule has 0 spiro atoms. The molecular weight excluding hydrogens is 170 g/mol. The van der Waals surface area contributed by atoms with Crippen molar-refractivity contribution in [2.45, 2.75) is 4.90 Å². The third-order valence-electron chi connectivity index (χ3n) is 1.55. The van der Waals surface area contributed by atoms with E-state index in [4.69, 9.17) is 0 Å². The highest BCUT2D eigenvalue weighted by Gasteiger charge is 1.98. The molecule has 0 saturated heterocycles. The average molecular weight is 177 g/mol. The van der Waals surface area contributed by atoms with Crippen LogP contribution < -0.4 is 0 Å². The van der Waals surface area contributed by atoms with Gasteiger partial charge in [-0.3, -0.25) is 0 Å². The van der Waals surface area contributed by atoms with Crippen LogP contribution in [-0.2, 0) is 0 Å². The molecule has 0 N–H and O–H groups in total. The predicted octanol–water partition coefficient (Wildman–Crippen LogP) is 1.56. The summed E-state index contributed by atoms with van der Waals surface area (Å²) >= 11 is 4.30. The first kappa shape index (κ1) is 7.36. The first-order valence-electron chi connectivity index (χ1n) is 3.51. The van der Waals surface area contributed by atoms with Gasteiger partial charge in [-0.15, -0.1) is 12.6 Å². The van der Waals surface area contributed by atoms with E-state index >= 15 is 0 Å². The monoisotopic (exact) mass is 177 g/mol. The number of nitrogens with zero attached hydrogens (tertiary/aromatic N) is 3. The summed E-state index contributed by atoms with van der Waals surface area (Å²) in [6.07, 6.45) is 3.15. The van der Waals surface area contributed by atoms with Gasteiger partial charge in [0.15, 0.2) is 0 Å². The summed E-state index contributed by atoms with van der Waals surface area (Å²) in [5.74, 6) is 0. The third kappa shape index (κ3) is 1.21. The predicted molar refractivity (Wildman–Crippen MR) is 48.6 cm³/mol.